The molecule has 0 aliphatic heterocycles. The van der Waals surface area contributed by atoms with Gasteiger partial charge in [-0.3, -0.25) is 19.3 Å². The van der Waals surface area contributed by atoms with Gasteiger partial charge in [-0.25, -0.2) is 0 Å². The van der Waals surface area contributed by atoms with Crippen LogP contribution in [0.25, 0.3) is 0 Å². The van der Waals surface area contributed by atoms with Gasteiger partial charge in [0.25, 0.3) is 5.56 Å². The number of aromatic hydroxyl groups is 1. The number of aliphatic imine (C=N–C) groups is 1. The summed E-state index contributed by atoms with van der Waals surface area (Å²) >= 11 is 5.25. The third-order valence-corrected chi connectivity index (χ3v) is 5.29. The maximum absolute atomic E-state index is 12.3. The van der Waals surface area contributed by atoms with E-state index in [9.17, 15) is 9.90 Å². The molecular formula is C21H25N3O4S. The molecule has 0 amide bonds. The van der Waals surface area contributed by atoms with E-state index in [1.807, 2.05) is 0 Å². The normalized spacial score (nSPS) is 14.1. The molecule has 0 saturated heterocycles. The van der Waals surface area contributed by atoms with Crippen molar-refractivity contribution in [3.8, 4) is 17.4 Å². The van der Waals surface area contributed by atoms with Crippen molar-refractivity contribution >= 4 is 24.1 Å². The molecule has 29 heavy (non-hydrogen) atoms. The van der Waals surface area contributed by atoms with Crippen molar-refractivity contribution in [2.45, 2.75) is 38.6 Å². The van der Waals surface area contributed by atoms with Gasteiger partial charge >= 0.3 is 0 Å². The standard InChI is InChI=1S/C21H25N3O4S/c1-27-15-8-9-17(18(12-15)28-2)22-13-16-19(25)23-21(29)24(20(16)26)11-10-14-6-4-3-5-7-14/h6,8-9,12-13,26H,3-5,7,10-11H2,1-2H3,(H,23,25,29). The van der Waals surface area contributed by atoms with Crippen molar-refractivity contribution in [3.05, 3.63) is 50.5 Å². The Morgan fingerprint density at radius 2 is 2.14 bits per heavy atom. The lowest BCUT2D eigenvalue weighted by Crippen LogP contribution is -2.19. The molecule has 0 atom stereocenters. The first-order chi connectivity index (χ1) is 14.0. The molecular weight excluding hydrogens is 390 g/mol. The average molecular weight is 416 g/mol. The molecule has 3 rings (SSSR count). The quantitative estimate of drug-likeness (QED) is 0.400. The van der Waals surface area contributed by atoms with E-state index in [0.29, 0.717) is 23.7 Å². The zero-order valence-electron chi connectivity index (χ0n) is 16.6. The molecule has 1 heterocycles. The number of allylic oxidation sites excluding steroid dienone is 2. The predicted octanol–water partition coefficient (Wildman–Crippen LogP) is 4.27. The SMILES string of the molecule is COc1ccc(N=Cc2c(O)n(CCC3=CCCCC3)c(=S)[nH]c2=O)c(OC)c1. The number of ether oxygens (including phenoxy) is 2. The second-order valence-corrected chi connectivity index (χ2v) is 7.19. The van der Waals surface area contributed by atoms with Crippen LogP contribution < -0.4 is 15.0 Å². The topological polar surface area (TPSA) is 88.8 Å². The van der Waals surface area contributed by atoms with Crippen LogP contribution in [0.1, 0.15) is 37.7 Å². The largest absolute Gasteiger partial charge is 0.497 e. The van der Waals surface area contributed by atoms with Crippen LogP contribution in [0, 0.1) is 4.77 Å². The number of nitrogens with one attached hydrogen (secondary N) is 1. The molecule has 0 bridgehead atoms. The lowest BCUT2D eigenvalue weighted by molar-refractivity contribution is 0.395. The van der Waals surface area contributed by atoms with E-state index in [4.69, 9.17) is 21.7 Å². The Balaban J connectivity index is 1.89. The van der Waals surface area contributed by atoms with Gasteiger partial charge in [0.15, 0.2) is 4.77 Å². The van der Waals surface area contributed by atoms with Crippen LogP contribution in [-0.2, 0) is 6.54 Å². The first-order valence-electron chi connectivity index (χ1n) is 9.53. The minimum absolute atomic E-state index is 0.0501. The number of aromatic amines is 1. The lowest BCUT2D eigenvalue weighted by atomic mass is 9.97. The zero-order valence-corrected chi connectivity index (χ0v) is 17.4. The number of nitrogens with zero attached hydrogens (tertiary/aromatic N) is 2. The van der Waals surface area contributed by atoms with E-state index in [-0.39, 0.29) is 16.2 Å². The molecule has 2 aromatic rings. The monoisotopic (exact) mass is 415 g/mol. The number of methoxy groups -OCH3 is 2. The molecule has 1 aliphatic rings. The first-order valence-corrected chi connectivity index (χ1v) is 9.94. The second kappa shape index (κ2) is 9.56. The summed E-state index contributed by atoms with van der Waals surface area (Å²) in [6, 6.07) is 5.15. The zero-order chi connectivity index (χ0) is 20.8. The van der Waals surface area contributed by atoms with Crippen molar-refractivity contribution in [1.29, 1.82) is 0 Å². The van der Waals surface area contributed by atoms with Gasteiger partial charge < -0.3 is 14.6 Å². The molecule has 1 aromatic heterocycles. The maximum atomic E-state index is 12.3. The molecule has 2 N–H and O–H groups in total. The van der Waals surface area contributed by atoms with Crippen LogP contribution in [0.2, 0.25) is 0 Å². The van der Waals surface area contributed by atoms with Crippen molar-refractivity contribution in [2.24, 2.45) is 4.99 Å². The highest BCUT2D eigenvalue weighted by Crippen LogP contribution is 2.31. The molecule has 7 nitrogen and oxygen atoms in total. The van der Waals surface area contributed by atoms with E-state index >= 15 is 0 Å². The van der Waals surface area contributed by atoms with Crippen molar-refractivity contribution in [2.75, 3.05) is 14.2 Å². The van der Waals surface area contributed by atoms with E-state index < -0.39 is 5.56 Å². The Morgan fingerprint density at radius 1 is 1.31 bits per heavy atom. The molecule has 0 unspecified atom stereocenters. The fraction of sp³-hybridized carbons (Fsp3) is 0.381. The molecule has 0 spiro atoms. The fourth-order valence-electron chi connectivity index (χ4n) is 3.31. The Hall–Kier alpha value is -2.87. The highest BCUT2D eigenvalue weighted by molar-refractivity contribution is 7.71. The van der Waals surface area contributed by atoms with Crippen molar-refractivity contribution < 1.29 is 14.6 Å². The van der Waals surface area contributed by atoms with Crippen LogP contribution in [0.4, 0.5) is 5.69 Å². The second-order valence-electron chi connectivity index (χ2n) is 6.80. The Bertz CT molecular complexity index is 1050. The van der Waals surface area contributed by atoms with Gasteiger partial charge in [0, 0.05) is 18.8 Å². The lowest BCUT2D eigenvalue weighted by Gasteiger charge is -2.15. The van der Waals surface area contributed by atoms with E-state index in [2.05, 4.69) is 16.1 Å². The van der Waals surface area contributed by atoms with Crippen LogP contribution >= 0.6 is 12.2 Å². The van der Waals surface area contributed by atoms with Crippen LogP contribution in [0.5, 0.6) is 17.4 Å². The number of hydrogen-bond donors (Lipinski definition) is 2. The highest BCUT2D eigenvalue weighted by atomic mass is 32.1. The highest BCUT2D eigenvalue weighted by Gasteiger charge is 2.13. The summed E-state index contributed by atoms with van der Waals surface area (Å²) in [5.41, 5.74) is 1.43. The van der Waals surface area contributed by atoms with Crippen molar-refractivity contribution in [3.63, 3.8) is 0 Å². The molecule has 0 saturated carbocycles. The van der Waals surface area contributed by atoms with Gasteiger partial charge in [0.1, 0.15) is 22.7 Å². The minimum Gasteiger partial charge on any atom is -0.497 e. The van der Waals surface area contributed by atoms with Gasteiger partial charge in [0.2, 0.25) is 5.88 Å². The Morgan fingerprint density at radius 3 is 2.83 bits per heavy atom. The molecule has 1 aromatic carbocycles. The fourth-order valence-corrected chi connectivity index (χ4v) is 3.58. The van der Waals surface area contributed by atoms with E-state index in [0.717, 1.165) is 19.3 Å². The number of hydrogen-bond acceptors (Lipinski definition) is 6. The van der Waals surface area contributed by atoms with Crippen LogP contribution in [-0.4, -0.2) is 35.1 Å². The summed E-state index contributed by atoms with van der Waals surface area (Å²) in [6.07, 6.45) is 8.95. The summed E-state index contributed by atoms with van der Waals surface area (Å²) in [4.78, 5) is 19.3. The number of rotatable bonds is 7. The molecule has 1 aliphatic carbocycles. The van der Waals surface area contributed by atoms with Gasteiger partial charge in [0.05, 0.1) is 14.2 Å². The summed E-state index contributed by atoms with van der Waals surface area (Å²) in [5.74, 6) is 0.937. The van der Waals surface area contributed by atoms with Gasteiger partial charge in [-0.1, -0.05) is 11.6 Å². The van der Waals surface area contributed by atoms with E-state index in [1.54, 1.807) is 29.9 Å². The molecule has 154 valence electrons. The third-order valence-electron chi connectivity index (χ3n) is 4.97. The first kappa shape index (κ1) is 20.9. The van der Waals surface area contributed by atoms with Gasteiger partial charge in [-0.15, -0.1) is 0 Å². The third kappa shape index (κ3) is 4.95. The molecule has 0 fully saturated rings. The predicted molar refractivity (Wildman–Crippen MR) is 116 cm³/mol. The Labute approximate surface area is 174 Å². The Kier molecular flexibility index (Phi) is 6.87. The van der Waals surface area contributed by atoms with Gasteiger partial charge in [-0.05, 0) is 56.5 Å². The molecule has 0 radical (unpaired) electrons. The summed E-state index contributed by atoms with van der Waals surface area (Å²) < 4.78 is 12.2. The minimum atomic E-state index is -0.489. The van der Waals surface area contributed by atoms with E-state index in [1.165, 1.54) is 31.7 Å². The summed E-state index contributed by atoms with van der Waals surface area (Å²) in [5, 5.41) is 10.7. The van der Waals surface area contributed by atoms with Crippen LogP contribution in [0.3, 0.4) is 0 Å². The van der Waals surface area contributed by atoms with Crippen LogP contribution in [0.15, 0.2) is 39.6 Å². The number of benzene rings is 1. The summed E-state index contributed by atoms with van der Waals surface area (Å²) in [7, 11) is 3.09. The number of aromatic nitrogens is 2. The van der Waals surface area contributed by atoms with Gasteiger partial charge in [-0.2, -0.15) is 0 Å². The maximum Gasteiger partial charge on any atom is 0.264 e. The molecule has 8 heteroatoms. The number of H-pyrrole nitrogens is 1. The average Bonchev–Trinajstić information content (AvgIpc) is 2.74. The smallest absolute Gasteiger partial charge is 0.264 e. The van der Waals surface area contributed by atoms with Crippen molar-refractivity contribution in [1.82, 2.24) is 9.55 Å². The summed E-state index contributed by atoms with van der Waals surface area (Å²) in [6.45, 7) is 0.500.